The average molecular weight is 430 g/mol. The quantitative estimate of drug-likeness (QED) is 0.798. The van der Waals surface area contributed by atoms with E-state index in [2.05, 4.69) is 45.4 Å². The maximum absolute atomic E-state index is 12.8. The van der Waals surface area contributed by atoms with Crippen LogP contribution in [0.2, 0.25) is 0 Å². The number of carbonyl (C=O) groups is 1. The summed E-state index contributed by atoms with van der Waals surface area (Å²) in [6, 6.07) is 10.6. The van der Waals surface area contributed by atoms with E-state index in [0.29, 0.717) is 6.42 Å². The van der Waals surface area contributed by atoms with Crippen molar-refractivity contribution >= 4 is 30.7 Å². The third kappa shape index (κ3) is 6.07. The summed E-state index contributed by atoms with van der Waals surface area (Å²) in [4.78, 5) is 17.3. The van der Waals surface area contributed by atoms with Gasteiger partial charge in [0.1, 0.15) is 0 Å². The van der Waals surface area contributed by atoms with Gasteiger partial charge >= 0.3 is 0 Å². The molecule has 1 unspecified atom stereocenters. The molecule has 3 aliphatic heterocycles. The van der Waals surface area contributed by atoms with Gasteiger partial charge in [-0.1, -0.05) is 30.3 Å². The molecule has 0 bridgehead atoms. The van der Waals surface area contributed by atoms with Crippen molar-refractivity contribution in [2.45, 2.75) is 31.9 Å². The summed E-state index contributed by atoms with van der Waals surface area (Å²) in [5.74, 6) is 1.81. The van der Waals surface area contributed by atoms with E-state index in [1.54, 1.807) is 0 Å². The molecule has 3 fully saturated rings. The molecule has 3 atom stereocenters. The Balaban J connectivity index is 0.00000140. The average Bonchev–Trinajstić information content (AvgIpc) is 3.01. The van der Waals surface area contributed by atoms with Gasteiger partial charge in [-0.05, 0) is 43.3 Å². The van der Waals surface area contributed by atoms with Crippen LogP contribution >= 0.6 is 24.8 Å². The Labute approximate surface area is 181 Å². The molecule has 1 N–H and O–H groups in total. The smallest absolute Gasteiger partial charge is 0.225 e. The van der Waals surface area contributed by atoms with Gasteiger partial charge in [0.15, 0.2) is 0 Å². The lowest BCUT2D eigenvalue weighted by molar-refractivity contribution is -0.136. The molecule has 3 saturated heterocycles. The number of fused-ring (bicyclic) bond motifs is 1. The van der Waals surface area contributed by atoms with E-state index in [1.807, 2.05) is 0 Å². The zero-order chi connectivity index (χ0) is 17.8. The van der Waals surface area contributed by atoms with E-state index >= 15 is 0 Å². The summed E-state index contributed by atoms with van der Waals surface area (Å²) in [5, 5.41) is 3.50. The third-order valence-electron chi connectivity index (χ3n) is 6.25. The molecule has 0 radical (unpaired) electrons. The molecular weight excluding hydrogens is 397 g/mol. The van der Waals surface area contributed by atoms with E-state index in [0.717, 1.165) is 77.1 Å². The monoisotopic (exact) mass is 429 g/mol. The first-order valence-corrected chi connectivity index (χ1v) is 10.1. The Hall–Kier alpha value is -0.850. The molecule has 3 aliphatic rings. The number of rotatable bonds is 4. The molecule has 7 heteroatoms. The second-order valence-electron chi connectivity index (χ2n) is 8.05. The fourth-order valence-electron chi connectivity index (χ4n) is 4.68. The molecular formula is C21H33Cl2N3O2. The molecule has 0 saturated carbocycles. The Morgan fingerprint density at radius 3 is 2.39 bits per heavy atom. The molecule has 1 amide bonds. The number of carbonyl (C=O) groups excluding carboxylic acids is 1. The lowest BCUT2D eigenvalue weighted by Crippen LogP contribution is -2.45. The number of hydrogen-bond donors (Lipinski definition) is 1. The zero-order valence-corrected chi connectivity index (χ0v) is 18.1. The minimum absolute atomic E-state index is 0. The van der Waals surface area contributed by atoms with Crippen molar-refractivity contribution in [3.05, 3.63) is 35.9 Å². The van der Waals surface area contributed by atoms with Crippen LogP contribution in [0.1, 0.15) is 24.8 Å². The molecule has 1 aromatic rings. The number of likely N-dealkylation sites (tertiary alicyclic amines) is 1. The molecule has 0 spiro atoms. The lowest BCUT2D eigenvalue weighted by Gasteiger charge is -2.33. The van der Waals surface area contributed by atoms with Crippen LogP contribution in [0.25, 0.3) is 0 Å². The Morgan fingerprint density at radius 1 is 1.04 bits per heavy atom. The Morgan fingerprint density at radius 2 is 1.71 bits per heavy atom. The second kappa shape index (κ2) is 11.4. The predicted molar refractivity (Wildman–Crippen MR) is 116 cm³/mol. The van der Waals surface area contributed by atoms with Crippen LogP contribution in [0.4, 0.5) is 0 Å². The van der Waals surface area contributed by atoms with Gasteiger partial charge < -0.3 is 15.0 Å². The number of halogens is 2. The maximum atomic E-state index is 12.8. The van der Waals surface area contributed by atoms with Crippen molar-refractivity contribution in [1.82, 2.24) is 15.1 Å². The lowest BCUT2D eigenvalue weighted by atomic mass is 9.92. The summed E-state index contributed by atoms with van der Waals surface area (Å²) in [6.45, 7) is 7.56. The van der Waals surface area contributed by atoms with Gasteiger partial charge in [0, 0.05) is 32.7 Å². The van der Waals surface area contributed by atoms with Crippen LogP contribution in [0.15, 0.2) is 30.3 Å². The van der Waals surface area contributed by atoms with Gasteiger partial charge in [-0.15, -0.1) is 24.8 Å². The van der Waals surface area contributed by atoms with E-state index in [-0.39, 0.29) is 36.8 Å². The van der Waals surface area contributed by atoms with Crippen molar-refractivity contribution < 1.29 is 9.53 Å². The fourth-order valence-corrected chi connectivity index (χ4v) is 4.68. The van der Waals surface area contributed by atoms with Gasteiger partial charge in [-0.25, -0.2) is 0 Å². The third-order valence-corrected chi connectivity index (χ3v) is 6.25. The molecule has 158 valence electrons. The van der Waals surface area contributed by atoms with Crippen molar-refractivity contribution in [2.24, 2.45) is 11.8 Å². The van der Waals surface area contributed by atoms with Gasteiger partial charge in [-0.2, -0.15) is 0 Å². The largest absolute Gasteiger partial charge is 0.375 e. The number of nitrogens with zero attached hydrogens (tertiary/aromatic N) is 2. The van der Waals surface area contributed by atoms with Crippen molar-refractivity contribution in [2.75, 3.05) is 45.9 Å². The summed E-state index contributed by atoms with van der Waals surface area (Å²) in [5.41, 5.74) is 1.33. The highest BCUT2D eigenvalue weighted by atomic mass is 35.5. The van der Waals surface area contributed by atoms with Crippen LogP contribution < -0.4 is 5.32 Å². The topological polar surface area (TPSA) is 44.8 Å². The number of morpholine rings is 1. The van der Waals surface area contributed by atoms with Crippen LogP contribution in [0, 0.1) is 11.8 Å². The SMILES string of the molecule is Cl.Cl.O=C(CC1CN(Cc2ccccc2)CCO1)N1CC[C@@H]2CNC[C@@H]2CC1. The van der Waals surface area contributed by atoms with E-state index in [1.165, 1.54) is 5.56 Å². The van der Waals surface area contributed by atoms with Gasteiger partial charge in [0.05, 0.1) is 19.1 Å². The normalized spacial score (nSPS) is 27.9. The Kier molecular flexibility index (Phi) is 9.51. The van der Waals surface area contributed by atoms with Crippen LogP contribution in [0.5, 0.6) is 0 Å². The van der Waals surface area contributed by atoms with Crippen molar-refractivity contribution in [3.63, 3.8) is 0 Å². The predicted octanol–water partition coefficient (Wildman–Crippen LogP) is 2.58. The first-order chi connectivity index (χ1) is 12.8. The summed E-state index contributed by atoms with van der Waals surface area (Å²) in [7, 11) is 0. The number of benzene rings is 1. The number of nitrogens with one attached hydrogen (secondary N) is 1. The van der Waals surface area contributed by atoms with Crippen LogP contribution in [-0.4, -0.2) is 67.7 Å². The first kappa shape index (κ1) is 23.4. The summed E-state index contributed by atoms with van der Waals surface area (Å²) in [6.07, 6.45) is 2.85. The zero-order valence-electron chi connectivity index (χ0n) is 16.4. The fraction of sp³-hybridized carbons (Fsp3) is 0.667. The highest BCUT2D eigenvalue weighted by Gasteiger charge is 2.32. The van der Waals surface area contributed by atoms with E-state index < -0.39 is 0 Å². The summed E-state index contributed by atoms with van der Waals surface area (Å²) < 4.78 is 5.91. The standard InChI is InChI=1S/C21H31N3O2.2ClH/c25-21(24-8-6-18-13-22-14-19(18)7-9-24)12-20-16-23(10-11-26-20)15-17-4-2-1-3-5-17;;/h1-5,18-20,22H,6-16H2;2*1H/t18-,19+,20?;;. The molecule has 3 heterocycles. The second-order valence-corrected chi connectivity index (χ2v) is 8.05. The molecule has 28 heavy (non-hydrogen) atoms. The molecule has 4 rings (SSSR count). The maximum Gasteiger partial charge on any atom is 0.225 e. The van der Waals surface area contributed by atoms with Gasteiger partial charge in [-0.3, -0.25) is 9.69 Å². The minimum Gasteiger partial charge on any atom is -0.375 e. The number of hydrogen-bond acceptors (Lipinski definition) is 4. The highest BCUT2D eigenvalue weighted by Crippen LogP contribution is 2.27. The highest BCUT2D eigenvalue weighted by molar-refractivity contribution is 5.85. The molecule has 5 nitrogen and oxygen atoms in total. The van der Waals surface area contributed by atoms with Crippen LogP contribution in [0.3, 0.4) is 0 Å². The molecule has 0 aromatic heterocycles. The van der Waals surface area contributed by atoms with E-state index in [9.17, 15) is 4.79 Å². The summed E-state index contributed by atoms with van der Waals surface area (Å²) >= 11 is 0. The van der Waals surface area contributed by atoms with E-state index in [4.69, 9.17) is 4.74 Å². The molecule has 1 aromatic carbocycles. The number of amides is 1. The Bertz CT molecular complexity index is 591. The first-order valence-electron chi connectivity index (χ1n) is 10.1. The number of ether oxygens (including phenoxy) is 1. The van der Waals surface area contributed by atoms with Gasteiger partial charge in [0.2, 0.25) is 5.91 Å². The van der Waals surface area contributed by atoms with Crippen molar-refractivity contribution in [3.8, 4) is 0 Å². The van der Waals surface area contributed by atoms with Gasteiger partial charge in [0.25, 0.3) is 0 Å². The molecule has 0 aliphatic carbocycles. The van der Waals surface area contributed by atoms with Crippen molar-refractivity contribution in [1.29, 1.82) is 0 Å². The minimum atomic E-state index is 0. The van der Waals surface area contributed by atoms with Crippen LogP contribution in [-0.2, 0) is 16.1 Å².